The molecule has 1 aromatic carbocycles. The van der Waals surface area contributed by atoms with Crippen LogP contribution in [0.3, 0.4) is 0 Å². The highest BCUT2D eigenvalue weighted by Crippen LogP contribution is 2.29. The highest BCUT2D eigenvalue weighted by atomic mass is 32.2. The maximum atomic E-state index is 14.0. The van der Waals surface area contributed by atoms with Crippen molar-refractivity contribution in [2.45, 2.75) is 31.7 Å². The van der Waals surface area contributed by atoms with Crippen LogP contribution in [0.2, 0.25) is 0 Å². The average molecular weight is 385 g/mol. The first-order valence-electron chi connectivity index (χ1n) is 8.34. The second-order valence-electron chi connectivity index (χ2n) is 6.40. The third-order valence-electron chi connectivity index (χ3n) is 4.80. The molecule has 142 valence electrons. The Bertz CT molecular complexity index is 866. The Morgan fingerprint density at radius 2 is 1.69 bits per heavy atom. The summed E-state index contributed by atoms with van der Waals surface area (Å²) in [6.45, 7) is 6.07. The Hall–Kier alpha value is -1.84. The summed E-state index contributed by atoms with van der Waals surface area (Å²) >= 11 is 0. The third-order valence-corrected chi connectivity index (χ3v) is 6.95. The van der Waals surface area contributed by atoms with Crippen LogP contribution in [0.15, 0.2) is 27.6 Å². The Balaban J connectivity index is 1.75. The van der Waals surface area contributed by atoms with Crippen LogP contribution in [-0.4, -0.2) is 49.0 Å². The topological polar surface area (TPSA) is 66.7 Å². The van der Waals surface area contributed by atoms with Gasteiger partial charge in [0.25, 0.3) is 0 Å². The molecular weight excluding hydrogens is 364 g/mol. The largest absolute Gasteiger partial charge is 0.360 e. The van der Waals surface area contributed by atoms with Crippen molar-refractivity contribution in [3.63, 3.8) is 0 Å². The lowest BCUT2D eigenvalue weighted by Crippen LogP contribution is -2.49. The van der Waals surface area contributed by atoms with Gasteiger partial charge in [0, 0.05) is 37.8 Å². The van der Waals surface area contributed by atoms with Gasteiger partial charge < -0.3 is 4.52 Å². The quantitative estimate of drug-likeness (QED) is 0.810. The van der Waals surface area contributed by atoms with Gasteiger partial charge >= 0.3 is 0 Å². The minimum absolute atomic E-state index is 0.00882. The van der Waals surface area contributed by atoms with E-state index in [9.17, 15) is 17.2 Å². The molecule has 6 nitrogen and oxygen atoms in total. The van der Waals surface area contributed by atoms with Crippen molar-refractivity contribution in [1.29, 1.82) is 0 Å². The molecule has 0 radical (unpaired) electrons. The summed E-state index contributed by atoms with van der Waals surface area (Å²) in [5.41, 5.74) is 0.334. The SMILES string of the molecule is Cc1noc(C)c1S(=O)(=O)N1CCN(C(C)c2c(F)cccc2F)CC1. The smallest absolute Gasteiger partial charge is 0.248 e. The average Bonchev–Trinajstić information content (AvgIpc) is 2.94. The van der Waals surface area contributed by atoms with Gasteiger partial charge in [-0.25, -0.2) is 17.2 Å². The molecule has 0 aliphatic carbocycles. The van der Waals surface area contributed by atoms with Crippen LogP contribution in [0.5, 0.6) is 0 Å². The Kier molecular flexibility index (Phi) is 5.14. The number of nitrogens with zero attached hydrogens (tertiary/aromatic N) is 3. The normalized spacial score (nSPS) is 18.2. The highest BCUT2D eigenvalue weighted by Gasteiger charge is 2.35. The molecule has 9 heteroatoms. The zero-order valence-corrected chi connectivity index (χ0v) is 15.7. The van der Waals surface area contributed by atoms with Crippen molar-refractivity contribution in [2.24, 2.45) is 0 Å². The molecule has 1 aliphatic heterocycles. The molecule has 1 aliphatic rings. The van der Waals surface area contributed by atoms with Crippen LogP contribution in [0.1, 0.15) is 30.0 Å². The fourth-order valence-corrected chi connectivity index (χ4v) is 5.11. The number of piperazine rings is 1. The minimum atomic E-state index is -3.71. The lowest BCUT2D eigenvalue weighted by molar-refractivity contribution is 0.141. The monoisotopic (exact) mass is 385 g/mol. The first-order chi connectivity index (χ1) is 12.2. The molecule has 3 rings (SSSR count). The summed E-state index contributed by atoms with van der Waals surface area (Å²) in [4.78, 5) is 1.97. The van der Waals surface area contributed by atoms with Crippen LogP contribution in [0.4, 0.5) is 8.78 Å². The summed E-state index contributed by atoms with van der Waals surface area (Å²) in [5, 5.41) is 3.70. The fourth-order valence-electron chi connectivity index (χ4n) is 3.40. The van der Waals surface area contributed by atoms with Gasteiger partial charge in [0.1, 0.15) is 22.2 Å². The number of hydrogen-bond donors (Lipinski definition) is 0. The van der Waals surface area contributed by atoms with E-state index in [-0.39, 0.29) is 29.3 Å². The van der Waals surface area contributed by atoms with Crippen LogP contribution in [0.25, 0.3) is 0 Å². The molecule has 26 heavy (non-hydrogen) atoms. The number of benzene rings is 1. The summed E-state index contributed by atoms with van der Waals surface area (Å²) in [7, 11) is -3.71. The fraction of sp³-hybridized carbons (Fsp3) is 0.471. The number of sulfonamides is 1. The van der Waals surface area contributed by atoms with Crippen molar-refractivity contribution in [1.82, 2.24) is 14.4 Å². The van der Waals surface area contributed by atoms with Crippen molar-refractivity contribution >= 4 is 10.0 Å². The van der Waals surface area contributed by atoms with E-state index in [1.807, 2.05) is 4.90 Å². The third kappa shape index (κ3) is 3.26. The predicted octanol–water partition coefficient (Wildman–Crippen LogP) is 2.64. The van der Waals surface area contributed by atoms with Gasteiger partial charge in [-0.15, -0.1) is 0 Å². The van der Waals surface area contributed by atoms with Gasteiger partial charge in [-0.1, -0.05) is 11.2 Å². The lowest BCUT2D eigenvalue weighted by atomic mass is 10.0. The van der Waals surface area contributed by atoms with Crippen LogP contribution >= 0.6 is 0 Å². The van der Waals surface area contributed by atoms with Gasteiger partial charge in [-0.05, 0) is 32.9 Å². The molecular formula is C17H21F2N3O3S. The van der Waals surface area contributed by atoms with E-state index in [0.29, 0.717) is 18.8 Å². The summed E-state index contributed by atoms with van der Waals surface area (Å²) in [5.74, 6) is -0.932. The van der Waals surface area contributed by atoms with E-state index < -0.39 is 27.7 Å². The van der Waals surface area contributed by atoms with E-state index in [0.717, 1.165) is 0 Å². The number of halogens is 2. The van der Waals surface area contributed by atoms with Crippen molar-refractivity contribution in [2.75, 3.05) is 26.2 Å². The maximum absolute atomic E-state index is 14.0. The van der Waals surface area contributed by atoms with E-state index >= 15 is 0 Å². The van der Waals surface area contributed by atoms with Crippen LogP contribution in [-0.2, 0) is 10.0 Å². The second-order valence-corrected chi connectivity index (χ2v) is 8.28. The van der Waals surface area contributed by atoms with Gasteiger partial charge in [0.05, 0.1) is 0 Å². The molecule has 1 aromatic heterocycles. The Labute approximate surface area is 151 Å². The van der Waals surface area contributed by atoms with Crippen molar-refractivity contribution in [3.8, 4) is 0 Å². The standard InChI is InChI=1S/C17H21F2N3O3S/c1-11-17(13(3)25-20-11)26(23,24)22-9-7-21(8-10-22)12(2)16-14(18)5-4-6-15(16)19/h4-6,12H,7-10H2,1-3H3. The van der Waals surface area contributed by atoms with E-state index in [4.69, 9.17) is 4.52 Å². The Morgan fingerprint density at radius 3 is 2.19 bits per heavy atom. The molecule has 2 aromatic rings. The molecule has 0 bridgehead atoms. The van der Waals surface area contributed by atoms with Crippen LogP contribution < -0.4 is 0 Å². The summed E-state index contributed by atoms with van der Waals surface area (Å²) in [6.07, 6.45) is 0. The first-order valence-corrected chi connectivity index (χ1v) is 9.78. The van der Waals surface area contributed by atoms with Gasteiger partial charge in [0.2, 0.25) is 10.0 Å². The molecule has 0 saturated carbocycles. The molecule has 0 N–H and O–H groups in total. The predicted molar refractivity (Wildman–Crippen MR) is 91.1 cm³/mol. The highest BCUT2D eigenvalue weighted by molar-refractivity contribution is 7.89. The first kappa shape index (κ1) is 18.9. The molecule has 1 saturated heterocycles. The van der Waals surface area contributed by atoms with E-state index in [1.165, 1.54) is 22.5 Å². The zero-order chi connectivity index (χ0) is 19.1. The van der Waals surface area contributed by atoms with Crippen molar-refractivity contribution < 1.29 is 21.7 Å². The number of hydrogen-bond acceptors (Lipinski definition) is 5. The Morgan fingerprint density at radius 1 is 1.12 bits per heavy atom. The van der Waals surface area contributed by atoms with Gasteiger partial charge in [0.15, 0.2) is 5.76 Å². The lowest BCUT2D eigenvalue weighted by Gasteiger charge is -2.37. The molecule has 0 spiro atoms. The van der Waals surface area contributed by atoms with Crippen LogP contribution in [0, 0.1) is 25.5 Å². The molecule has 1 fully saturated rings. The second kappa shape index (κ2) is 7.05. The van der Waals surface area contributed by atoms with Gasteiger partial charge in [-0.3, -0.25) is 4.90 Å². The number of rotatable bonds is 4. The number of aryl methyl sites for hydroxylation is 2. The van der Waals surface area contributed by atoms with Crippen molar-refractivity contribution in [3.05, 3.63) is 46.9 Å². The molecule has 1 atom stereocenters. The number of aromatic nitrogens is 1. The maximum Gasteiger partial charge on any atom is 0.248 e. The van der Waals surface area contributed by atoms with Gasteiger partial charge in [-0.2, -0.15) is 4.31 Å². The molecule has 0 amide bonds. The minimum Gasteiger partial charge on any atom is -0.360 e. The van der Waals surface area contributed by atoms with E-state index in [1.54, 1.807) is 20.8 Å². The zero-order valence-electron chi connectivity index (χ0n) is 14.9. The van der Waals surface area contributed by atoms with E-state index in [2.05, 4.69) is 5.16 Å². The molecule has 1 unspecified atom stereocenters. The summed E-state index contributed by atoms with van der Waals surface area (Å²) in [6, 6.07) is 3.30. The molecule has 2 heterocycles. The summed E-state index contributed by atoms with van der Waals surface area (Å²) < 4.78 is 60.0.